The Bertz CT molecular complexity index is 307. The maximum Gasteiger partial charge on any atom is 0.120 e. The molecule has 0 unspecified atom stereocenters. The van der Waals surface area contributed by atoms with E-state index in [1.165, 1.54) is 0 Å². The topological polar surface area (TPSA) is 59.9 Å². The van der Waals surface area contributed by atoms with E-state index in [1.54, 1.807) is 18.2 Å². The molecule has 14 heavy (non-hydrogen) atoms. The van der Waals surface area contributed by atoms with Crippen LogP contribution in [0, 0.1) is 0 Å². The van der Waals surface area contributed by atoms with Crippen molar-refractivity contribution in [3.8, 4) is 0 Å². The summed E-state index contributed by atoms with van der Waals surface area (Å²) < 4.78 is 0. The Morgan fingerprint density at radius 3 is 2.79 bits per heavy atom. The zero-order valence-electron chi connectivity index (χ0n) is 7.63. The minimum Gasteiger partial charge on any atom is -0.385 e. The monoisotopic (exact) mass is 235 g/mol. The molecule has 0 aromatic heterocycles. The molecule has 5 N–H and O–H groups in total. The lowest BCUT2D eigenvalue weighted by Gasteiger charge is -2.10. The third-order valence-corrected chi connectivity index (χ3v) is 2.35. The second kappa shape index (κ2) is 5.41. The quantitative estimate of drug-likeness (QED) is 0.730. The van der Waals surface area contributed by atoms with Crippen molar-refractivity contribution in [2.45, 2.75) is 6.10 Å². The Morgan fingerprint density at radius 1 is 1.43 bits per heavy atom. The summed E-state index contributed by atoms with van der Waals surface area (Å²) in [6.45, 7) is 0.884. The molecule has 1 atom stereocenters. The zero-order valence-corrected chi connectivity index (χ0v) is 9.15. The predicted molar refractivity (Wildman–Crippen MR) is 58.7 cm³/mol. The summed E-state index contributed by atoms with van der Waals surface area (Å²) >= 11 is 11.7. The fraction of sp³-hybridized carbons (Fsp3) is 0.333. The second-order valence-corrected chi connectivity index (χ2v) is 3.79. The third kappa shape index (κ3) is 3.35. The normalized spacial score (nSPS) is 12.6. The van der Waals surface area contributed by atoms with E-state index < -0.39 is 6.10 Å². The van der Waals surface area contributed by atoms with Gasteiger partial charge in [0.1, 0.15) is 12.6 Å². The first-order valence-corrected chi connectivity index (χ1v) is 5.05. The standard InChI is InChI=1S/C9H12Cl2N2O/c10-6-1-2-8(11)9(3-6)13-5-7(14)4-12/h1-3,7,13-14H,4-5,12H2/p+1/t7-/m1/s1. The smallest absolute Gasteiger partial charge is 0.120 e. The van der Waals surface area contributed by atoms with Gasteiger partial charge < -0.3 is 16.2 Å². The average molecular weight is 236 g/mol. The zero-order chi connectivity index (χ0) is 10.6. The molecule has 0 aliphatic carbocycles. The van der Waals surface area contributed by atoms with Gasteiger partial charge in [-0.2, -0.15) is 0 Å². The van der Waals surface area contributed by atoms with Gasteiger partial charge in [-0.15, -0.1) is 0 Å². The van der Waals surface area contributed by atoms with Gasteiger partial charge >= 0.3 is 0 Å². The number of halogens is 2. The Balaban J connectivity index is 2.62. The van der Waals surface area contributed by atoms with Crippen LogP contribution in [0.2, 0.25) is 10.0 Å². The van der Waals surface area contributed by atoms with Crippen molar-refractivity contribution in [3.05, 3.63) is 28.2 Å². The van der Waals surface area contributed by atoms with Crippen molar-refractivity contribution < 1.29 is 10.8 Å². The summed E-state index contributed by atoms with van der Waals surface area (Å²) in [6, 6.07) is 5.15. The highest BCUT2D eigenvalue weighted by Gasteiger charge is 2.05. The number of benzene rings is 1. The highest BCUT2D eigenvalue weighted by molar-refractivity contribution is 6.35. The number of hydrogen-bond acceptors (Lipinski definition) is 2. The molecule has 0 aliphatic heterocycles. The third-order valence-electron chi connectivity index (χ3n) is 1.79. The number of nitrogens with one attached hydrogen (secondary N) is 1. The number of anilines is 1. The molecule has 78 valence electrons. The van der Waals surface area contributed by atoms with Crippen LogP contribution in [-0.4, -0.2) is 24.3 Å². The largest absolute Gasteiger partial charge is 0.385 e. The molecule has 0 bridgehead atoms. The van der Waals surface area contributed by atoms with Crippen LogP contribution in [0.4, 0.5) is 5.69 Å². The van der Waals surface area contributed by atoms with Gasteiger partial charge in [0.2, 0.25) is 0 Å². The number of hydrogen-bond donors (Lipinski definition) is 3. The Morgan fingerprint density at radius 2 is 2.14 bits per heavy atom. The van der Waals surface area contributed by atoms with E-state index in [0.717, 1.165) is 5.69 Å². The van der Waals surface area contributed by atoms with Crippen LogP contribution in [0.5, 0.6) is 0 Å². The predicted octanol–water partition coefficient (Wildman–Crippen LogP) is 1.01. The van der Waals surface area contributed by atoms with Crippen LogP contribution in [0.3, 0.4) is 0 Å². The molecule has 0 aliphatic rings. The van der Waals surface area contributed by atoms with Gasteiger partial charge in [0.05, 0.1) is 10.7 Å². The van der Waals surface area contributed by atoms with Crippen molar-refractivity contribution in [2.75, 3.05) is 18.4 Å². The van der Waals surface area contributed by atoms with E-state index in [4.69, 9.17) is 23.2 Å². The molecule has 0 amide bonds. The van der Waals surface area contributed by atoms with E-state index in [1.807, 2.05) is 0 Å². The van der Waals surface area contributed by atoms with Crippen LogP contribution in [0.1, 0.15) is 0 Å². The first-order valence-electron chi connectivity index (χ1n) is 4.29. The van der Waals surface area contributed by atoms with E-state index in [0.29, 0.717) is 23.1 Å². The molecule has 0 saturated carbocycles. The van der Waals surface area contributed by atoms with Gasteiger partial charge in [0, 0.05) is 11.6 Å². The summed E-state index contributed by atoms with van der Waals surface area (Å²) in [5, 5.41) is 13.5. The summed E-state index contributed by atoms with van der Waals surface area (Å²) in [7, 11) is 0. The first kappa shape index (κ1) is 11.6. The van der Waals surface area contributed by atoms with E-state index in [2.05, 4.69) is 11.1 Å². The Kier molecular flexibility index (Phi) is 4.48. The molecule has 0 spiro atoms. The first-order chi connectivity index (χ1) is 6.63. The van der Waals surface area contributed by atoms with E-state index in [-0.39, 0.29) is 0 Å². The van der Waals surface area contributed by atoms with Gasteiger partial charge in [0.15, 0.2) is 0 Å². The molecule has 0 saturated heterocycles. The molecular weight excluding hydrogens is 223 g/mol. The lowest BCUT2D eigenvalue weighted by atomic mass is 10.3. The maximum absolute atomic E-state index is 9.28. The molecule has 3 nitrogen and oxygen atoms in total. The molecule has 1 aromatic rings. The number of aliphatic hydroxyl groups excluding tert-OH is 1. The summed E-state index contributed by atoms with van der Waals surface area (Å²) in [4.78, 5) is 0. The number of quaternary nitrogens is 1. The summed E-state index contributed by atoms with van der Waals surface area (Å²) in [6.07, 6.45) is -0.468. The molecule has 1 aromatic carbocycles. The van der Waals surface area contributed by atoms with Crippen LogP contribution in [0.15, 0.2) is 18.2 Å². The Hall–Kier alpha value is -0.480. The van der Waals surface area contributed by atoms with Crippen molar-refractivity contribution in [3.63, 3.8) is 0 Å². The minimum absolute atomic E-state index is 0.420. The average Bonchev–Trinajstić information content (AvgIpc) is 2.19. The van der Waals surface area contributed by atoms with E-state index in [9.17, 15) is 5.11 Å². The highest BCUT2D eigenvalue weighted by Crippen LogP contribution is 2.25. The molecule has 1 rings (SSSR count). The molecule has 0 heterocycles. The van der Waals surface area contributed by atoms with Crippen LogP contribution < -0.4 is 11.1 Å². The lowest BCUT2D eigenvalue weighted by Crippen LogP contribution is -2.57. The van der Waals surface area contributed by atoms with Crippen molar-refractivity contribution in [2.24, 2.45) is 0 Å². The fourth-order valence-electron chi connectivity index (χ4n) is 0.963. The van der Waals surface area contributed by atoms with Gasteiger partial charge in [-0.1, -0.05) is 23.2 Å². The highest BCUT2D eigenvalue weighted by atomic mass is 35.5. The van der Waals surface area contributed by atoms with Crippen LogP contribution in [0.25, 0.3) is 0 Å². The van der Waals surface area contributed by atoms with Gasteiger partial charge in [-0.3, -0.25) is 0 Å². The molecule has 0 radical (unpaired) electrons. The van der Waals surface area contributed by atoms with Crippen molar-refractivity contribution in [1.29, 1.82) is 0 Å². The SMILES string of the molecule is [NH3+]C[C@@H](O)CNc1cc(Cl)ccc1Cl. The summed E-state index contributed by atoms with van der Waals surface area (Å²) in [5.74, 6) is 0. The minimum atomic E-state index is -0.468. The Labute approximate surface area is 92.8 Å². The number of aliphatic hydroxyl groups is 1. The second-order valence-electron chi connectivity index (χ2n) is 2.95. The lowest BCUT2D eigenvalue weighted by molar-refractivity contribution is -0.382. The van der Waals surface area contributed by atoms with Crippen LogP contribution in [-0.2, 0) is 0 Å². The fourth-order valence-corrected chi connectivity index (χ4v) is 1.32. The van der Waals surface area contributed by atoms with Crippen LogP contribution >= 0.6 is 23.2 Å². The van der Waals surface area contributed by atoms with E-state index >= 15 is 0 Å². The molecular formula is C9H13Cl2N2O+. The van der Waals surface area contributed by atoms with Crippen molar-refractivity contribution >= 4 is 28.9 Å². The van der Waals surface area contributed by atoms with Gasteiger partial charge in [-0.05, 0) is 18.2 Å². The molecule has 0 fully saturated rings. The summed E-state index contributed by atoms with van der Waals surface area (Å²) in [5.41, 5.74) is 4.32. The van der Waals surface area contributed by atoms with Gasteiger partial charge in [0.25, 0.3) is 0 Å². The number of rotatable bonds is 4. The van der Waals surface area contributed by atoms with Gasteiger partial charge in [-0.25, -0.2) is 0 Å². The van der Waals surface area contributed by atoms with Crippen molar-refractivity contribution in [1.82, 2.24) is 0 Å². The maximum atomic E-state index is 9.28. The molecule has 5 heteroatoms.